The van der Waals surface area contributed by atoms with Gasteiger partial charge in [0.15, 0.2) is 0 Å². The van der Waals surface area contributed by atoms with E-state index in [1.807, 2.05) is 0 Å². The molecule has 0 unspecified atom stereocenters. The molecule has 0 aliphatic heterocycles. The first-order valence-corrected chi connectivity index (χ1v) is 11.5. The number of rotatable bonds is 7. The normalized spacial score (nSPS) is 10.9. The first-order chi connectivity index (χ1) is 15.7. The van der Waals surface area contributed by atoms with Gasteiger partial charge in [0, 0.05) is 5.56 Å². The molecule has 1 heterocycles. The Morgan fingerprint density at radius 3 is 2.30 bits per heavy atom. The number of hydrogen-bond donors (Lipinski definition) is 2. The van der Waals surface area contributed by atoms with Gasteiger partial charge in [0.25, 0.3) is 20.3 Å². The van der Waals surface area contributed by atoms with Crippen molar-refractivity contribution in [1.82, 2.24) is 10.2 Å². The van der Waals surface area contributed by atoms with E-state index in [2.05, 4.69) is 29.7 Å². The number of hydrogen-bond acceptors (Lipinski definition) is 10. The molecule has 0 spiro atoms. The summed E-state index contributed by atoms with van der Waals surface area (Å²) in [4.78, 5) is 36.3. The Labute approximate surface area is 192 Å². The summed E-state index contributed by atoms with van der Waals surface area (Å²) in [6.07, 6.45) is 0. The van der Waals surface area contributed by atoms with Crippen molar-refractivity contribution in [2.45, 2.75) is 11.3 Å². The molecule has 1 amide bonds. The van der Waals surface area contributed by atoms with Crippen LogP contribution in [-0.2, 0) is 19.5 Å². The van der Waals surface area contributed by atoms with Gasteiger partial charge in [-0.1, -0.05) is 29.5 Å². The zero-order chi connectivity index (χ0) is 24.2. The fourth-order valence-corrected chi connectivity index (χ4v) is 4.68. The minimum Gasteiger partial charge on any atom is -0.465 e. The standard InChI is InChI=1S/C20H18N4O7S2/c1-11-6-4-5-7-13(11)16(25)21-19-22-23-20(32-19)33(28,29)24-15-10-12(17(26)30-2)8-9-14(15)18(27)31-3/h4-10,24H,1-3H3,(H,21,22,25). The third-order valence-electron chi connectivity index (χ3n) is 4.34. The minimum absolute atomic E-state index is 0.00583. The number of sulfonamides is 1. The molecule has 3 aromatic rings. The predicted octanol–water partition coefficient (Wildman–Crippen LogP) is 2.47. The SMILES string of the molecule is COC(=O)c1ccc(C(=O)OC)c(NS(=O)(=O)c2nnc(NC(=O)c3ccccc3C)s2)c1. The number of carbonyl (C=O) groups is 3. The number of methoxy groups -OCH3 is 2. The van der Waals surface area contributed by atoms with Gasteiger partial charge in [0.1, 0.15) is 0 Å². The number of amides is 1. The summed E-state index contributed by atoms with van der Waals surface area (Å²) in [5.74, 6) is -2.03. The quantitative estimate of drug-likeness (QED) is 0.375. The van der Waals surface area contributed by atoms with E-state index in [4.69, 9.17) is 0 Å². The monoisotopic (exact) mass is 490 g/mol. The number of nitrogens with one attached hydrogen (secondary N) is 2. The Morgan fingerprint density at radius 1 is 0.939 bits per heavy atom. The summed E-state index contributed by atoms with van der Waals surface area (Å²) in [7, 11) is -2.04. The Bertz CT molecular complexity index is 1340. The Kier molecular flexibility index (Phi) is 7.04. The molecule has 0 aliphatic carbocycles. The van der Waals surface area contributed by atoms with E-state index < -0.39 is 32.2 Å². The van der Waals surface area contributed by atoms with Crippen LogP contribution in [0.5, 0.6) is 0 Å². The largest absolute Gasteiger partial charge is 0.465 e. The van der Waals surface area contributed by atoms with Gasteiger partial charge < -0.3 is 9.47 Å². The van der Waals surface area contributed by atoms with Crippen LogP contribution in [0.2, 0.25) is 0 Å². The molecular formula is C20H18N4O7S2. The maximum absolute atomic E-state index is 12.9. The third-order valence-corrected chi connectivity index (χ3v) is 6.91. The second-order valence-corrected chi connectivity index (χ2v) is 9.32. The smallest absolute Gasteiger partial charge is 0.339 e. The molecule has 1 aromatic heterocycles. The molecule has 13 heteroatoms. The van der Waals surface area contributed by atoms with E-state index in [9.17, 15) is 22.8 Å². The third kappa shape index (κ3) is 5.32. The van der Waals surface area contributed by atoms with Gasteiger partial charge in [-0.3, -0.25) is 14.8 Å². The predicted molar refractivity (Wildman–Crippen MR) is 119 cm³/mol. The Morgan fingerprint density at radius 2 is 1.64 bits per heavy atom. The highest BCUT2D eigenvalue weighted by Crippen LogP contribution is 2.26. The van der Waals surface area contributed by atoms with Crippen molar-refractivity contribution in [1.29, 1.82) is 0 Å². The fourth-order valence-electron chi connectivity index (χ4n) is 2.71. The lowest BCUT2D eigenvalue weighted by Crippen LogP contribution is -2.17. The summed E-state index contributed by atoms with van der Waals surface area (Å²) in [6, 6.07) is 10.5. The minimum atomic E-state index is -4.33. The highest BCUT2D eigenvalue weighted by molar-refractivity contribution is 7.94. The molecule has 0 saturated carbocycles. The van der Waals surface area contributed by atoms with Gasteiger partial charge in [0.2, 0.25) is 5.13 Å². The molecule has 0 fully saturated rings. The van der Waals surface area contributed by atoms with E-state index in [0.717, 1.165) is 25.8 Å². The van der Waals surface area contributed by atoms with Crippen molar-refractivity contribution < 1.29 is 32.3 Å². The van der Waals surface area contributed by atoms with Gasteiger partial charge in [-0.2, -0.15) is 8.42 Å². The van der Waals surface area contributed by atoms with Crippen molar-refractivity contribution in [2.24, 2.45) is 0 Å². The zero-order valence-electron chi connectivity index (χ0n) is 17.6. The zero-order valence-corrected chi connectivity index (χ0v) is 19.2. The molecule has 2 aromatic carbocycles. The molecule has 0 radical (unpaired) electrons. The van der Waals surface area contributed by atoms with E-state index in [1.54, 1.807) is 31.2 Å². The molecule has 0 atom stereocenters. The lowest BCUT2D eigenvalue weighted by molar-refractivity contribution is 0.0587. The van der Waals surface area contributed by atoms with Crippen molar-refractivity contribution in [3.8, 4) is 0 Å². The van der Waals surface area contributed by atoms with Crippen molar-refractivity contribution in [3.05, 3.63) is 64.7 Å². The van der Waals surface area contributed by atoms with Crippen LogP contribution < -0.4 is 10.0 Å². The van der Waals surface area contributed by atoms with Crippen LogP contribution >= 0.6 is 11.3 Å². The molecular weight excluding hydrogens is 472 g/mol. The Balaban J connectivity index is 1.88. The lowest BCUT2D eigenvalue weighted by Gasteiger charge is -2.11. The van der Waals surface area contributed by atoms with Crippen LogP contribution in [0.25, 0.3) is 0 Å². The number of aryl methyl sites for hydroxylation is 1. The average Bonchev–Trinajstić information content (AvgIpc) is 3.27. The molecule has 2 N–H and O–H groups in total. The van der Waals surface area contributed by atoms with E-state index in [1.165, 1.54) is 12.1 Å². The number of carbonyl (C=O) groups excluding carboxylic acids is 3. The average molecular weight is 491 g/mol. The van der Waals surface area contributed by atoms with Crippen LogP contribution in [0, 0.1) is 6.92 Å². The number of esters is 2. The molecule has 0 bridgehead atoms. The van der Waals surface area contributed by atoms with Gasteiger partial charge in [0.05, 0.1) is 31.0 Å². The van der Waals surface area contributed by atoms with Gasteiger partial charge >= 0.3 is 11.9 Å². The summed E-state index contributed by atoms with van der Waals surface area (Å²) in [5, 5.41) is 9.78. The fraction of sp³-hybridized carbons (Fsp3) is 0.150. The first kappa shape index (κ1) is 23.8. The Hall–Kier alpha value is -3.84. The van der Waals surface area contributed by atoms with Crippen LogP contribution in [0.1, 0.15) is 36.6 Å². The van der Waals surface area contributed by atoms with E-state index in [-0.39, 0.29) is 21.9 Å². The molecule has 11 nitrogen and oxygen atoms in total. The van der Waals surface area contributed by atoms with Crippen molar-refractivity contribution >= 4 is 50.0 Å². The van der Waals surface area contributed by atoms with Crippen molar-refractivity contribution in [2.75, 3.05) is 24.3 Å². The van der Waals surface area contributed by atoms with E-state index >= 15 is 0 Å². The van der Waals surface area contributed by atoms with Crippen molar-refractivity contribution in [3.63, 3.8) is 0 Å². The lowest BCUT2D eigenvalue weighted by atomic mass is 10.1. The van der Waals surface area contributed by atoms with Crippen LogP contribution in [0.3, 0.4) is 0 Å². The van der Waals surface area contributed by atoms with Crippen LogP contribution in [0.4, 0.5) is 10.8 Å². The first-order valence-electron chi connectivity index (χ1n) is 9.20. The van der Waals surface area contributed by atoms with E-state index in [0.29, 0.717) is 16.9 Å². The number of benzene rings is 2. The molecule has 33 heavy (non-hydrogen) atoms. The van der Waals surface area contributed by atoms with Gasteiger partial charge in [-0.15, -0.1) is 10.2 Å². The maximum Gasteiger partial charge on any atom is 0.339 e. The highest BCUT2D eigenvalue weighted by atomic mass is 32.2. The number of anilines is 2. The molecule has 0 aliphatic rings. The number of nitrogens with zero attached hydrogens (tertiary/aromatic N) is 2. The summed E-state index contributed by atoms with van der Waals surface area (Å²) in [6.45, 7) is 1.76. The summed E-state index contributed by atoms with van der Waals surface area (Å²) in [5.41, 5.74) is 0.788. The van der Waals surface area contributed by atoms with Gasteiger partial charge in [-0.05, 0) is 36.8 Å². The second-order valence-electron chi connectivity index (χ2n) is 6.49. The topological polar surface area (TPSA) is 154 Å². The number of aromatic nitrogens is 2. The summed E-state index contributed by atoms with van der Waals surface area (Å²) < 4.78 is 36.7. The molecule has 172 valence electrons. The second kappa shape index (κ2) is 9.75. The molecule has 3 rings (SSSR count). The maximum atomic E-state index is 12.9. The summed E-state index contributed by atoms with van der Waals surface area (Å²) >= 11 is 0.611. The number of ether oxygens (including phenoxy) is 2. The molecule has 0 saturated heterocycles. The van der Waals surface area contributed by atoms with Crippen LogP contribution in [0.15, 0.2) is 46.8 Å². The van der Waals surface area contributed by atoms with Crippen LogP contribution in [-0.4, -0.2) is 50.7 Å². The van der Waals surface area contributed by atoms with Gasteiger partial charge in [-0.25, -0.2) is 9.59 Å². The highest BCUT2D eigenvalue weighted by Gasteiger charge is 2.25.